The zero-order valence-corrected chi connectivity index (χ0v) is 14.4. The molecule has 0 atom stereocenters. The molecule has 5 heteroatoms. The van der Waals surface area contributed by atoms with Crippen molar-refractivity contribution in [1.82, 2.24) is 5.32 Å². The Morgan fingerprint density at radius 1 is 1.04 bits per heavy atom. The van der Waals surface area contributed by atoms with Crippen molar-refractivity contribution in [3.63, 3.8) is 0 Å². The predicted molar refractivity (Wildman–Crippen MR) is 107 cm³/mol. The van der Waals surface area contributed by atoms with Gasteiger partial charge < -0.3 is 15.7 Å². The Labute approximate surface area is 152 Å². The monoisotopic (exact) mass is 347 g/mol. The highest BCUT2D eigenvalue weighted by Gasteiger charge is 2.03. The van der Waals surface area contributed by atoms with Crippen molar-refractivity contribution in [2.45, 2.75) is 6.42 Å². The summed E-state index contributed by atoms with van der Waals surface area (Å²) in [7, 11) is 0. The molecular formula is C21H21N3O2. The zero-order chi connectivity index (χ0) is 18.2. The molecule has 132 valence electrons. The average molecular weight is 347 g/mol. The minimum atomic E-state index is -0.947. The topological polar surface area (TPSA) is 73.7 Å². The molecule has 0 bridgehead atoms. The van der Waals surface area contributed by atoms with Gasteiger partial charge in [0.25, 0.3) is 0 Å². The van der Waals surface area contributed by atoms with Crippen LogP contribution in [0.15, 0.2) is 59.6 Å². The molecule has 0 aliphatic carbocycles. The lowest BCUT2D eigenvalue weighted by Gasteiger charge is -2.16. The maximum atomic E-state index is 10.5. The molecule has 1 heterocycles. The molecule has 0 amide bonds. The highest BCUT2D eigenvalue weighted by Crippen LogP contribution is 2.15. The van der Waals surface area contributed by atoms with E-state index in [-0.39, 0.29) is 0 Å². The van der Waals surface area contributed by atoms with E-state index in [9.17, 15) is 4.79 Å². The Morgan fingerprint density at radius 2 is 1.77 bits per heavy atom. The second-order valence-electron chi connectivity index (χ2n) is 5.93. The number of anilines is 1. The van der Waals surface area contributed by atoms with E-state index in [2.05, 4.69) is 21.7 Å². The van der Waals surface area contributed by atoms with Crippen LogP contribution in [0.5, 0.6) is 0 Å². The SMILES string of the molecule is O=C(O)/C=C/c1ccc(/C=C/c2cccc(NC3=NCCCN3)c2)cc1. The third-order valence-corrected chi connectivity index (χ3v) is 3.87. The minimum absolute atomic E-state index is 0.822. The number of nitrogens with zero attached hydrogens (tertiary/aromatic N) is 1. The first-order valence-electron chi connectivity index (χ1n) is 8.54. The number of nitrogens with one attached hydrogen (secondary N) is 2. The van der Waals surface area contributed by atoms with E-state index in [4.69, 9.17) is 5.11 Å². The quantitative estimate of drug-likeness (QED) is 0.569. The molecule has 0 radical (unpaired) electrons. The van der Waals surface area contributed by atoms with Crippen LogP contribution in [0.3, 0.4) is 0 Å². The van der Waals surface area contributed by atoms with Crippen LogP contribution in [0.1, 0.15) is 23.1 Å². The van der Waals surface area contributed by atoms with Crippen LogP contribution in [0.4, 0.5) is 5.69 Å². The summed E-state index contributed by atoms with van der Waals surface area (Å²) in [6.07, 6.45) is 7.85. The van der Waals surface area contributed by atoms with Crippen molar-refractivity contribution < 1.29 is 9.90 Å². The molecule has 2 aromatic rings. The van der Waals surface area contributed by atoms with Crippen LogP contribution in [-0.4, -0.2) is 30.1 Å². The molecule has 0 fully saturated rings. The number of aliphatic imine (C=N–C) groups is 1. The van der Waals surface area contributed by atoms with Gasteiger partial charge in [-0.1, -0.05) is 48.6 Å². The van der Waals surface area contributed by atoms with Gasteiger partial charge in [-0.2, -0.15) is 0 Å². The molecule has 3 N–H and O–H groups in total. The Bertz CT molecular complexity index is 852. The molecule has 3 rings (SSSR count). The van der Waals surface area contributed by atoms with Crippen molar-refractivity contribution in [3.05, 3.63) is 71.3 Å². The lowest BCUT2D eigenvalue weighted by Crippen LogP contribution is -2.35. The van der Waals surface area contributed by atoms with Gasteiger partial charge >= 0.3 is 5.97 Å². The summed E-state index contributed by atoms with van der Waals surface area (Å²) in [6.45, 7) is 1.80. The third-order valence-electron chi connectivity index (χ3n) is 3.87. The summed E-state index contributed by atoms with van der Waals surface area (Å²) in [5, 5.41) is 15.2. The standard InChI is InChI=1S/C21H21N3O2/c25-20(26)12-11-17-7-5-16(6-8-17)9-10-18-3-1-4-19(15-18)24-21-22-13-2-14-23-21/h1,3-12,15H,2,13-14H2,(H,25,26)(H2,22,23,24)/b10-9+,12-11+. The van der Waals surface area contributed by atoms with Gasteiger partial charge in [0.15, 0.2) is 5.96 Å². The number of carboxylic acids is 1. The fourth-order valence-corrected chi connectivity index (χ4v) is 2.55. The Kier molecular flexibility index (Phi) is 5.83. The van der Waals surface area contributed by atoms with Gasteiger partial charge in [-0.25, -0.2) is 4.79 Å². The fraction of sp³-hybridized carbons (Fsp3) is 0.143. The van der Waals surface area contributed by atoms with E-state index < -0.39 is 5.97 Å². The molecule has 1 aliphatic rings. The normalized spacial score (nSPS) is 14.2. The number of benzene rings is 2. The van der Waals surface area contributed by atoms with Gasteiger partial charge in [-0.15, -0.1) is 0 Å². The predicted octanol–water partition coefficient (Wildman–Crippen LogP) is 3.72. The molecule has 0 saturated heterocycles. The van der Waals surface area contributed by atoms with Gasteiger partial charge in [-0.3, -0.25) is 4.99 Å². The number of carboxylic acid groups (broad SMARTS) is 1. The van der Waals surface area contributed by atoms with Crippen molar-refractivity contribution in [1.29, 1.82) is 0 Å². The van der Waals surface area contributed by atoms with E-state index >= 15 is 0 Å². The maximum Gasteiger partial charge on any atom is 0.328 e. The summed E-state index contributed by atoms with van der Waals surface area (Å²) in [5.41, 5.74) is 3.99. The Morgan fingerprint density at radius 3 is 2.46 bits per heavy atom. The van der Waals surface area contributed by atoms with Crippen LogP contribution in [0.2, 0.25) is 0 Å². The van der Waals surface area contributed by atoms with Crippen LogP contribution < -0.4 is 10.6 Å². The molecule has 26 heavy (non-hydrogen) atoms. The number of aliphatic carboxylic acids is 1. The molecule has 0 saturated carbocycles. The van der Waals surface area contributed by atoms with Crippen molar-refractivity contribution in [2.75, 3.05) is 18.4 Å². The molecule has 5 nitrogen and oxygen atoms in total. The van der Waals surface area contributed by atoms with Gasteiger partial charge in [0.1, 0.15) is 0 Å². The highest BCUT2D eigenvalue weighted by atomic mass is 16.4. The summed E-state index contributed by atoms with van der Waals surface area (Å²) in [6, 6.07) is 15.8. The highest BCUT2D eigenvalue weighted by molar-refractivity contribution is 5.94. The van der Waals surface area contributed by atoms with Crippen LogP contribution in [0, 0.1) is 0 Å². The summed E-state index contributed by atoms with van der Waals surface area (Å²) in [5.74, 6) is -0.126. The van der Waals surface area contributed by atoms with Crippen LogP contribution in [0.25, 0.3) is 18.2 Å². The molecule has 0 spiro atoms. The first kappa shape index (κ1) is 17.5. The second-order valence-corrected chi connectivity index (χ2v) is 5.93. The fourth-order valence-electron chi connectivity index (χ4n) is 2.55. The molecule has 0 unspecified atom stereocenters. The first-order chi connectivity index (χ1) is 12.7. The van der Waals surface area contributed by atoms with Crippen molar-refractivity contribution in [3.8, 4) is 0 Å². The summed E-state index contributed by atoms with van der Waals surface area (Å²) in [4.78, 5) is 15.0. The van der Waals surface area contributed by atoms with Gasteiger partial charge in [0, 0.05) is 24.9 Å². The molecule has 0 aromatic heterocycles. The molecule has 2 aromatic carbocycles. The molecule has 1 aliphatic heterocycles. The largest absolute Gasteiger partial charge is 0.478 e. The lowest BCUT2D eigenvalue weighted by molar-refractivity contribution is -0.131. The molecular weight excluding hydrogens is 326 g/mol. The van der Waals surface area contributed by atoms with E-state index in [1.54, 1.807) is 6.08 Å². The van der Waals surface area contributed by atoms with Gasteiger partial charge in [0.05, 0.1) is 0 Å². The van der Waals surface area contributed by atoms with E-state index in [0.717, 1.165) is 53.9 Å². The van der Waals surface area contributed by atoms with Crippen molar-refractivity contribution >= 4 is 35.8 Å². The van der Waals surface area contributed by atoms with Crippen LogP contribution >= 0.6 is 0 Å². The summed E-state index contributed by atoms with van der Waals surface area (Å²) < 4.78 is 0. The third kappa shape index (κ3) is 5.34. The maximum absolute atomic E-state index is 10.5. The van der Waals surface area contributed by atoms with E-state index in [0.29, 0.717) is 0 Å². The van der Waals surface area contributed by atoms with E-state index in [1.165, 1.54) is 0 Å². The number of rotatable bonds is 5. The van der Waals surface area contributed by atoms with E-state index in [1.807, 2.05) is 54.6 Å². The number of hydrogen-bond donors (Lipinski definition) is 3. The zero-order valence-electron chi connectivity index (χ0n) is 14.4. The smallest absolute Gasteiger partial charge is 0.328 e. The Balaban J connectivity index is 1.65. The first-order valence-corrected chi connectivity index (χ1v) is 8.54. The number of hydrogen-bond acceptors (Lipinski definition) is 4. The Hall–Kier alpha value is -3.34. The minimum Gasteiger partial charge on any atom is -0.478 e. The average Bonchev–Trinajstić information content (AvgIpc) is 2.67. The van der Waals surface area contributed by atoms with Gasteiger partial charge in [0.2, 0.25) is 0 Å². The lowest BCUT2D eigenvalue weighted by atomic mass is 10.1. The summed E-state index contributed by atoms with van der Waals surface area (Å²) >= 11 is 0. The van der Waals surface area contributed by atoms with Crippen molar-refractivity contribution in [2.24, 2.45) is 4.99 Å². The van der Waals surface area contributed by atoms with Gasteiger partial charge in [-0.05, 0) is 41.3 Å². The number of guanidine groups is 1. The second kappa shape index (κ2) is 8.67. The van der Waals surface area contributed by atoms with Crippen LogP contribution in [-0.2, 0) is 4.79 Å². The number of carbonyl (C=O) groups is 1.